The Morgan fingerprint density at radius 2 is 1.54 bits per heavy atom. The molecule has 5 rings (SSSR count). The number of benzene rings is 3. The van der Waals surface area contributed by atoms with Gasteiger partial charge in [0.05, 0.1) is 13.2 Å². The van der Waals surface area contributed by atoms with Gasteiger partial charge in [0.25, 0.3) is 5.91 Å². The van der Waals surface area contributed by atoms with Gasteiger partial charge in [-0.05, 0) is 54.3 Å². The zero-order chi connectivity index (χ0) is 26.2. The first-order valence-corrected chi connectivity index (χ1v) is 12.7. The lowest BCUT2D eigenvalue weighted by Crippen LogP contribution is -2.52. The summed E-state index contributed by atoms with van der Waals surface area (Å²) in [6.07, 6.45) is 0. The van der Waals surface area contributed by atoms with Crippen molar-refractivity contribution >= 4 is 34.3 Å². The van der Waals surface area contributed by atoms with Crippen LogP contribution in [0, 0.1) is 13.8 Å². The molecular weight excluding hydrogens is 466 g/mol. The first-order valence-electron chi connectivity index (χ1n) is 12.7. The topological polar surface area (TPSA) is 85.0 Å². The molecule has 0 aliphatic carbocycles. The first-order chi connectivity index (χ1) is 17.7. The van der Waals surface area contributed by atoms with Crippen molar-refractivity contribution in [1.29, 1.82) is 0 Å². The van der Waals surface area contributed by atoms with Gasteiger partial charge < -0.3 is 10.6 Å². The molecule has 2 heterocycles. The highest BCUT2D eigenvalue weighted by Gasteiger charge is 2.49. The highest BCUT2D eigenvalue weighted by molar-refractivity contribution is 6.07. The molecule has 0 saturated carbocycles. The summed E-state index contributed by atoms with van der Waals surface area (Å²) < 4.78 is 0. The summed E-state index contributed by atoms with van der Waals surface area (Å²) in [6, 6.07) is 19.4. The van der Waals surface area contributed by atoms with Gasteiger partial charge in [0.1, 0.15) is 5.54 Å². The largest absolute Gasteiger partial charge is 0.326 e. The molecule has 0 radical (unpaired) electrons. The van der Waals surface area contributed by atoms with Crippen LogP contribution in [-0.4, -0.2) is 71.9 Å². The quantitative estimate of drug-likeness (QED) is 0.508. The van der Waals surface area contributed by atoms with Crippen LogP contribution in [0.2, 0.25) is 0 Å². The minimum absolute atomic E-state index is 0.0360. The SMILES string of the molecule is Cc1cccc(C)c1NC(=O)CN1CCN(CN2C(=O)NC(C)(c3ccc4ccccc4c3)C2=O)CC1. The average molecular weight is 500 g/mol. The molecule has 1 atom stereocenters. The lowest BCUT2D eigenvalue weighted by atomic mass is 9.90. The van der Waals surface area contributed by atoms with Gasteiger partial charge in [-0.2, -0.15) is 0 Å². The maximum atomic E-state index is 13.4. The molecule has 8 nitrogen and oxygen atoms in total. The van der Waals surface area contributed by atoms with Gasteiger partial charge >= 0.3 is 6.03 Å². The first kappa shape index (κ1) is 24.9. The second-order valence-electron chi connectivity index (χ2n) is 10.2. The van der Waals surface area contributed by atoms with E-state index in [9.17, 15) is 14.4 Å². The smallest absolute Gasteiger partial charge is 0.324 e. The number of carbonyl (C=O) groups is 3. The summed E-state index contributed by atoms with van der Waals surface area (Å²) in [5.74, 6) is -0.283. The van der Waals surface area contributed by atoms with Crippen molar-refractivity contribution in [2.45, 2.75) is 26.3 Å². The van der Waals surface area contributed by atoms with Crippen LogP contribution in [0.15, 0.2) is 60.7 Å². The highest BCUT2D eigenvalue weighted by atomic mass is 16.2. The van der Waals surface area contributed by atoms with Crippen molar-refractivity contribution in [3.05, 3.63) is 77.4 Å². The molecule has 0 aromatic heterocycles. The van der Waals surface area contributed by atoms with Crippen LogP contribution < -0.4 is 10.6 Å². The molecule has 37 heavy (non-hydrogen) atoms. The van der Waals surface area contributed by atoms with Crippen LogP contribution in [0.3, 0.4) is 0 Å². The van der Waals surface area contributed by atoms with Gasteiger partial charge in [-0.3, -0.25) is 19.4 Å². The molecular formula is C29H33N5O3. The number of para-hydroxylation sites is 1. The number of urea groups is 1. The number of carbonyl (C=O) groups excluding carboxylic acids is 3. The molecule has 2 saturated heterocycles. The monoisotopic (exact) mass is 499 g/mol. The normalized spacial score (nSPS) is 20.9. The van der Waals surface area contributed by atoms with E-state index in [4.69, 9.17) is 0 Å². The second kappa shape index (κ2) is 9.95. The zero-order valence-corrected chi connectivity index (χ0v) is 21.6. The lowest BCUT2D eigenvalue weighted by molar-refractivity contribution is -0.132. The molecule has 3 aromatic rings. The van der Waals surface area contributed by atoms with Crippen LogP contribution in [0.1, 0.15) is 23.6 Å². The number of aryl methyl sites for hydroxylation is 2. The summed E-state index contributed by atoms with van der Waals surface area (Å²) in [4.78, 5) is 44.4. The number of rotatable bonds is 6. The Labute approximate surface area is 217 Å². The molecule has 192 valence electrons. The Morgan fingerprint density at radius 3 is 2.24 bits per heavy atom. The number of nitrogens with zero attached hydrogens (tertiary/aromatic N) is 3. The number of anilines is 1. The number of hydrogen-bond donors (Lipinski definition) is 2. The molecule has 2 aliphatic rings. The third-order valence-corrected chi connectivity index (χ3v) is 7.52. The minimum atomic E-state index is -1.10. The van der Waals surface area contributed by atoms with E-state index in [2.05, 4.69) is 20.4 Å². The fourth-order valence-electron chi connectivity index (χ4n) is 5.20. The molecule has 1 unspecified atom stereocenters. The van der Waals surface area contributed by atoms with Crippen LogP contribution in [0.4, 0.5) is 10.5 Å². The predicted octanol–water partition coefficient (Wildman–Crippen LogP) is 3.44. The van der Waals surface area contributed by atoms with Crippen LogP contribution in [0.25, 0.3) is 10.8 Å². The minimum Gasteiger partial charge on any atom is -0.324 e. The van der Waals surface area contributed by atoms with Crippen molar-refractivity contribution in [3.8, 4) is 0 Å². The number of imide groups is 1. The molecule has 3 aromatic carbocycles. The summed E-state index contributed by atoms with van der Waals surface area (Å²) in [5.41, 5.74) is 2.63. The third-order valence-electron chi connectivity index (χ3n) is 7.52. The van der Waals surface area contributed by atoms with Crippen LogP contribution >= 0.6 is 0 Å². The molecule has 8 heteroatoms. The number of piperazine rings is 1. The third kappa shape index (κ3) is 4.95. The van der Waals surface area contributed by atoms with Gasteiger partial charge in [0.15, 0.2) is 0 Å². The predicted molar refractivity (Wildman–Crippen MR) is 144 cm³/mol. The van der Waals surface area contributed by atoms with E-state index in [1.807, 2.05) is 74.5 Å². The van der Waals surface area contributed by atoms with Crippen LogP contribution in [-0.2, 0) is 15.1 Å². The standard InChI is InChI=1S/C29H33N5O3/c1-20-7-6-8-21(2)26(20)30-25(35)18-32-13-15-33(16-14-32)19-34-27(36)29(3,31-28(34)37)24-12-11-22-9-4-5-10-23(22)17-24/h4-12,17H,13-16,18-19H2,1-3H3,(H,30,35)(H,31,37). The van der Waals surface area contributed by atoms with Gasteiger partial charge in [0, 0.05) is 31.9 Å². The number of amides is 4. The van der Waals surface area contributed by atoms with Crippen LogP contribution in [0.5, 0.6) is 0 Å². The van der Waals surface area contributed by atoms with Gasteiger partial charge in [0.2, 0.25) is 5.91 Å². The maximum absolute atomic E-state index is 13.4. The lowest BCUT2D eigenvalue weighted by Gasteiger charge is -2.35. The fourth-order valence-corrected chi connectivity index (χ4v) is 5.20. The van der Waals surface area contributed by atoms with E-state index in [1.165, 1.54) is 4.90 Å². The highest BCUT2D eigenvalue weighted by Crippen LogP contribution is 2.31. The van der Waals surface area contributed by atoms with E-state index in [1.54, 1.807) is 6.92 Å². The summed E-state index contributed by atoms with van der Waals surface area (Å²) >= 11 is 0. The van der Waals surface area contributed by atoms with E-state index in [0.29, 0.717) is 32.7 Å². The molecule has 0 bridgehead atoms. The Balaban J connectivity index is 1.17. The molecule has 2 fully saturated rings. The Hall–Kier alpha value is -3.75. The van der Waals surface area contributed by atoms with Crippen molar-refractivity contribution in [2.75, 3.05) is 44.7 Å². The Morgan fingerprint density at radius 1 is 0.892 bits per heavy atom. The van der Waals surface area contributed by atoms with E-state index < -0.39 is 5.54 Å². The van der Waals surface area contributed by atoms with Gasteiger partial charge in [-0.15, -0.1) is 0 Å². The van der Waals surface area contributed by atoms with E-state index >= 15 is 0 Å². The molecule has 0 spiro atoms. The average Bonchev–Trinajstić information content (AvgIpc) is 3.11. The van der Waals surface area contributed by atoms with Crippen molar-refractivity contribution in [2.24, 2.45) is 0 Å². The zero-order valence-electron chi connectivity index (χ0n) is 21.6. The Kier molecular flexibility index (Phi) is 6.70. The summed E-state index contributed by atoms with van der Waals surface area (Å²) in [5, 5.41) is 8.07. The summed E-state index contributed by atoms with van der Waals surface area (Å²) in [6.45, 7) is 8.99. The van der Waals surface area contributed by atoms with Gasteiger partial charge in [-0.1, -0.05) is 54.6 Å². The second-order valence-corrected chi connectivity index (χ2v) is 10.2. The van der Waals surface area contributed by atoms with E-state index in [-0.39, 0.29) is 24.5 Å². The number of fused-ring (bicyclic) bond motifs is 1. The van der Waals surface area contributed by atoms with Crippen molar-refractivity contribution in [1.82, 2.24) is 20.0 Å². The van der Waals surface area contributed by atoms with Crippen molar-refractivity contribution in [3.63, 3.8) is 0 Å². The molecule has 4 amide bonds. The van der Waals surface area contributed by atoms with E-state index in [0.717, 1.165) is 33.2 Å². The maximum Gasteiger partial charge on any atom is 0.326 e. The molecule has 2 aliphatic heterocycles. The Bertz CT molecular complexity index is 1340. The summed E-state index contributed by atoms with van der Waals surface area (Å²) in [7, 11) is 0. The van der Waals surface area contributed by atoms with Crippen molar-refractivity contribution < 1.29 is 14.4 Å². The fraction of sp³-hybridized carbons (Fsp3) is 0.345. The number of nitrogens with one attached hydrogen (secondary N) is 2. The molecule has 2 N–H and O–H groups in total. The van der Waals surface area contributed by atoms with Gasteiger partial charge in [-0.25, -0.2) is 9.69 Å². The number of hydrogen-bond acceptors (Lipinski definition) is 5.